The molecule has 4 rings (SSSR count). The number of anilines is 2. The van der Waals surface area contributed by atoms with Gasteiger partial charge in [0, 0.05) is 17.2 Å². The summed E-state index contributed by atoms with van der Waals surface area (Å²) >= 11 is 5.29. The van der Waals surface area contributed by atoms with Gasteiger partial charge in [0.05, 0.1) is 45.1 Å². The molecule has 0 aliphatic carbocycles. The Bertz CT molecular complexity index is 1300. The fourth-order valence-corrected chi connectivity index (χ4v) is 6.60. The molecule has 5 nitrogen and oxygen atoms in total. The molecule has 0 saturated carbocycles. The van der Waals surface area contributed by atoms with E-state index in [1.54, 1.807) is 31.8 Å². The topological polar surface area (TPSA) is 62.4 Å². The van der Waals surface area contributed by atoms with Crippen molar-refractivity contribution in [3.8, 4) is 17.6 Å². The molecule has 3 aromatic rings. The monoisotopic (exact) mass is 563 g/mol. The number of alkyl halides is 1. The highest BCUT2D eigenvalue weighted by Gasteiger charge is 2.25. The fraction of sp³-hybridized carbons (Fsp3) is 0.360. The van der Waals surface area contributed by atoms with Gasteiger partial charge in [0.1, 0.15) is 19.1 Å². The van der Waals surface area contributed by atoms with Crippen LogP contribution in [0.25, 0.3) is 10.1 Å². The number of rotatable bonds is 6. The van der Waals surface area contributed by atoms with Crippen LogP contribution in [0.15, 0.2) is 40.9 Å². The Labute approximate surface area is 212 Å². The first-order chi connectivity index (χ1) is 16.3. The van der Waals surface area contributed by atoms with E-state index >= 15 is 0 Å². The summed E-state index contributed by atoms with van der Waals surface area (Å²) in [6.07, 6.45) is -0.161. The second kappa shape index (κ2) is 10.7. The lowest BCUT2D eigenvalue weighted by Crippen LogP contribution is -2.45. The van der Waals surface area contributed by atoms with Crippen molar-refractivity contribution in [1.29, 1.82) is 0 Å². The maximum Gasteiger partial charge on any atom is 0.142 e. The van der Waals surface area contributed by atoms with Crippen LogP contribution in [-0.4, -0.2) is 52.3 Å². The highest BCUT2D eigenvalue weighted by molar-refractivity contribution is 9.10. The van der Waals surface area contributed by atoms with Gasteiger partial charge in [-0.15, -0.1) is 11.3 Å². The van der Waals surface area contributed by atoms with Crippen molar-refractivity contribution in [3.05, 3.63) is 45.7 Å². The van der Waals surface area contributed by atoms with E-state index in [0.717, 1.165) is 49.1 Å². The van der Waals surface area contributed by atoms with Crippen molar-refractivity contribution in [1.82, 2.24) is 5.32 Å². The van der Waals surface area contributed by atoms with E-state index in [2.05, 4.69) is 43.7 Å². The third-order valence-corrected chi connectivity index (χ3v) is 9.54. The van der Waals surface area contributed by atoms with Crippen molar-refractivity contribution in [2.75, 3.05) is 50.7 Å². The van der Waals surface area contributed by atoms with Gasteiger partial charge in [-0.2, -0.15) is 0 Å². The second-order valence-electron chi connectivity index (χ2n) is 8.58. The van der Waals surface area contributed by atoms with Gasteiger partial charge in [-0.25, -0.2) is 4.39 Å². The largest absolute Gasteiger partial charge is 0.495 e. The van der Waals surface area contributed by atoms with Gasteiger partial charge in [-0.05, 0) is 66.5 Å². The minimum atomic E-state index is -2.36. The van der Waals surface area contributed by atoms with Crippen LogP contribution in [0.4, 0.5) is 15.8 Å². The number of piperidine rings is 1. The van der Waals surface area contributed by atoms with Crippen LogP contribution in [0.1, 0.15) is 11.3 Å². The van der Waals surface area contributed by atoms with Crippen molar-refractivity contribution >= 4 is 61.2 Å². The third kappa shape index (κ3) is 5.60. The van der Waals surface area contributed by atoms with Crippen molar-refractivity contribution < 1.29 is 13.7 Å². The summed E-state index contributed by atoms with van der Waals surface area (Å²) in [6.45, 7) is 5.11. The Balaban J connectivity index is 1.50. The van der Waals surface area contributed by atoms with Crippen LogP contribution in [0.5, 0.6) is 5.75 Å². The Hall–Kier alpha value is -2.04. The van der Waals surface area contributed by atoms with Crippen molar-refractivity contribution in [3.63, 3.8) is 0 Å². The molecule has 0 bridgehead atoms. The summed E-state index contributed by atoms with van der Waals surface area (Å²) in [5.41, 5.74) is 1.75. The summed E-state index contributed by atoms with van der Waals surface area (Å²) < 4.78 is 34.1. The van der Waals surface area contributed by atoms with Crippen LogP contribution in [0.3, 0.4) is 0 Å². The molecule has 1 saturated heterocycles. The lowest BCUT2D eigenvalue weighted by Gasteiger charge is -2.28. The summed E-state index contributed by atoms with van der Waals surface area (Å²) in [5, 5.41) is 11.6. The molecular formula is C25H28BrFN3O2PS. The van der Waals surface area contributed by atoms with E-state index < -0.39 is 13.3 Å². The zero-order chi connectivity index (χ0) is 24.3. The molecule has 34 heavy (non-hydrogen) atoms. The molecule has 2 aromatic carbocycles. The molecule has 1 fully saturated rings. The molecule has 1 aromatic heterocycles. The predicted molar refractivity (Wildman–Crippen MR) is 147 cm³/mol. The maximum atomic E-state index is 14.3. The molecule has 1 aliphatic heterocycles. The molecule has 2 heterocycles. The molecule has 0 amide bonds. The van der Waals surface area contributed by atoms with Gasteiger partial charge < -0.3 is 25.3 Å². The average Bonchev–Trinajstić information content (AvgIpc) is 3.14. The van der Waals surface area contributed by atoms with Crippen LogP contribution in [-0.2, 0) is 4.57 Å². The first kappa shape index (κ1) is 25.1. The number of hydrogen-bond acceptors (Lipinski definition) is 6. The molecule has 0 spiro atoms. The lowest BCUT2D eigenvalue weighted by molar-refractivity contribution is 0.245. The summed E-state index contributed by atoms with van der Waals surface area (Å²) in [7, 11) is -0.760. The third-order valence-electron chi connectivity index (χ3n) is 5.78. The minimum absolute atomic E-state index is 0.192. The molecule has 180 valence electrons. The van der Waals surface area contributed by atoms with E-state index in [9.17, 15) is 8.96 Å². The van der Waals surface area contributed by atoms with Gasteiger partial charge in [0.25, 0.3) is 0 Å². The average molecular weight is 564 g/mol. The number of ether oxygens (including phenoxy) is 1. The number of methoxy groups -OCH3 is 1. The fourth-order valence-electron chi connectivity index (χ4n) is 3.89. The van der Waals surface area contributed by atoms with Crippen molar-refractivity contribution in [2.24, 2.45) is 0 Å². The molecule has 2 unspecified atom stereocenters. The quantitative estimate of drug-likeness (QED) is 0.273. The number of halogens is 2. The van der Waals surface area contributed by atoms with E-state index in [-0.39, 0.29) is 6.04 Å². The lowest BCUT2D eigenvalue weighted by atomic mass is 10.0. The molecule has 2 atom stereocenters. The zero-order valence-corrected chi connectivity index (χ0v) is 22.7. The maximum absolute atomic E-state index is 14.3. The number of thiophene rings is 1. The van der Waals surface area contributed by atoms with E-state index in [1.165, 1.54) is 0 Å². The zero-order valence-electron chi connectivity index (χ0n) is 19.4. The highest BCUT2D eigenvalue weighted by Crippen LogP contribution is 2.40. The standard InChI is InChI=1S/C25H28BrFN3O2PS/c1-32-22-14-16(33(2,3)31)9-10-20(22)29-12-5-8-23-24(26)17-6-4-7-21(25(17)34-23)30-19-11-13-28-15-18(19)27/h4,6-7,9-10,14,18-19,28-30H,11-13,15H2,1-3H3. The highest BCUT2D eigenvalue weighted by atomic mass is 79.9. The number of benzene rings is 2. The van der Waals surface area contributed by atoms with Crippen LogP contribution in [0.2, 0.25) is 0 Å². The molecule has 1 aliphatic rings. The van der Waals surface area contributed by atoms with Gasteiger partial charge in [-0.3, -0.25) is 0 Å². The summed E-state index contributed by atoms with van der Waals surface area (Å²) in [5.74, 6) is 7.07. The van der Waals surface area contributed by atoms with Crippen LogP contribution >= 0.6 is 34.4 Å². The van der Waals surface area contributed by atoms with Gasteiger partial charge >= 0.3 is 0 Å². The number of nitrogens with one attached hydrogen (secondary N) is 3. The SMILES string of the molecule is COc1cc(P(C)(C)=O)ccc1NCC#Cc1sc2c(NC3CCNCC3F)cccc2c1Br. The molecule has 0 radical (unpaired) electrons. The second-order valence-corrected chi connectivity index (χ2v) is 13.6. The van der Waals surface area contributed by atoms with Gasteiger partial charge in [-0.1, -0.05) is 24.0 Å². The predicted octanol–water partition coefficient (Wildman–Crippen LogP) is 5.50. The molecule has 3 N–H and O–H groups in total. The van der Waals surface area contributed by atoms with Crippen molar-refractivity contribution in [2.45, 2.75) is 18.6 Å². The number of hydrogen-bond donors (Lipinski definition) is 3. The minimum Gasteiger partial charge on any atom is -0.495 e. The first-order valence-electron chi connectivity index (χ1n) is 11.1. The Morgan fingerprint density at radius 3 is 2.85 bits per heavy atom. The Kier molecular flexibility index (Phi) is 7.89. The molecular weight excluding hydrogens is 536 g/mol. The van der Waals surface area contributed by atoms with E-state index in [0.29, 0.717) is 18.8 Å². The van der Waals surface area contributed by atoms with Gasteiger partial charge in [0.15, 0.2) is 0 Å². The van der Waals surface area contributed by atoms with Crippen LogP contribution < -0.4 is 26.0 Å². The van der Waals surface area contributed by atoms with Gasteiger partial charge in [0.2, 0.25) is 0 Å². The Morgan fingerprint density at radius 1 is 1.29 bits per heavy atom. The molecule has 9 heteroatoms. The van der Waals surface area contributed by atoms with E-state index in [4.69, 9.17) is 4.74 Å². The number of fused-ring (bicyclic) bond motifs is 1. The normalized spacial score (nSPS) is 18.3. The Morgan fingerprint density at radius 2 is 2.12 bits per heavy atom. The van der Waals surface area contributed by atoms with Crippen LogP contribution in [0, 0.1) is 11.8 Å². The smallest absolute Gasteiger partial charge is 0.142 e. The summed E-state index contributed by atoms with van der Waals surface area (Å²) in [6, 6.07) is 11.4. The first-order valence-corrected chi connectivity index (χ1v) is 15.3. The summed E-state index contributed by atoms with van der Waals surface area (Å²) in [4.78, 5) is 0.924. The van der Waals surface area contributed by atoms with E-state index in [1.807, 2.05) is 36.4 Å².